The number of piperidine rings is 1. The van der Waals surface area contributed by atoms with E-state index < -0.39 is 0 Å². The van der Waals surface area contributed by atoms with Crippen LogP contribution in [0.25, 0.3) is 0 Å². The van der Waals surface area contributed by atoms with Gasteiger partial charge in [0, 0.05) is 37.8 Å². The zero-order valence-electron chi connectivity index (χ0n) is 12.0. The molecule has 0 saturated carbocycles. The van der Waals surface area contributed by atoms with Crippen molar-refractivity contribution in [2.75, 3.05) is 26.2 Å². The molecule has 2 heterocycles. The number of amides is 1. The Labute approximate surface area is 111 Å². The highest BCUT2D eigenvalue weighted by Gasteiger charge is 2.30. The van der Waals surface area contributed by atoms with Gasteiger partial charge in [0.25, 0.3) is 0 Å². The summed E-state index contributed by atoms with van der Waals surface area (Å²) in [5.74, 6) is 0.323. The molecule has 2 aliphatic rings. The Morgan fingerprint density at radius 2 is 1.83 bits per heavy atom. The third-order valence-electron chi connectivity index (χ3n) is 4.46. The van der Waals surface area contributed by atoms with Crippen LogP contribution in [0.4, 0.5) is 0 Å². The van der Waals surface area contributed by atoms with Gasteiger partial charge in [0.05, 0.1) is 6.54 Å². The molecule has 1 N–H and O–H groups in total. The second kappa shape index (κ2) is 6.02. The molecular weight excluding hydrogens is 226 g/mol. The first-order valence-electron chi connectivity index (χ1n) is 7.35. The van der Waals surface area contributed by atoms with Gasteiger partial charge in [0.2, 0.25) is 5.91 Å². The predicted molar refractivity (Wildman–Crippen MR) is 73.5 cm³/mol. The Kier molecular flexibility index (Phi) is 4.62. The standard InChI is InChI=1S/C14H27N3O/c1-11-5-4-6-12(2)17(11)14(18)10-16-8-7-15-9-13(16)3/h11-13,15H,4-10H2,1-3H3/t11?,12?,13-/m1/s1. The number of hydrogen-bond donors (Lipinski definition) is 1. The molecule has 2 fully saturated rings. The Morgan fingerprint density at radius 1 is 1.17 bits per heavy atom. The van der Waals surface area contributed by atoms with Crippen LogP contribution in [0.2, 0.25) is 0 Å². The van der Waals surface area contributed by atoms with Gasteiger partial charge in [-0.05, 0) is 40.0 Å². The molecular formula is C14H27N3O. The normalized spacial score (nSPS) is 34.6. The third-order valence-corrected chi connectivity index (χ3v) is 4.46. The molecule has 2 aliphatic heterocycles. The van der Waals surface area contributed by atoms with Crippen LogP contribution >= 0.6 is 0 Å². The molecule has 0 aromatic rings. The fraction of sp³-hybridized carbons (Fsp3) is 0.929. The summed E-state index contributed by atoms with van der Waals surface area (Å²) in [5.41, 5.74) is 0. The van der Waals surface area contributed by atoms with Crippen molar-refractivity contribution in [1.82, 2.24) is 15.1 Å². The second-order valence-corrected chi connectivity index (χ2v) is 5.95. The summed E-state index contributed by atoms with van der Waals surface area (Å²) in [6.07, 6.45) is 3.58. The highest BCUT2D eigenvalue weighted by atomic mass is 16.2. The van der Waals surface area contributed by atoms with Crippen molar-refractivity contribution < 1.29 is 4.79 Å². The molecule has 18 heavy (non-hydrogen) atoms. The van der Waals surface area contributed by atoms with Crippen LogP contribution in [0.15, 0.2) is 0 Å². The summed E-state index contributed by atoms with van der Waals surface area (Å²) in [6, 6.07) is 1.30. The molecule has 2 saturated heterocycles. The molecule has 0 radical (unpaired) electrons. The monoisotopic (exact) mass is 253 g/mol. The van der Waals surface area contributed by atoms with E-state index in [1.807, 2.05) is 0 Å². The lowest BCUT2D eigenvalue weighted by atomic mass is 9.97. The van der Waals surface area contributed by atoms with Gasteiger partial charge < -0.3 is 10.2 Å². The molecule has 2 unspecified atom stereocenters. The smallest absolute Gasteiger partial charge is 0.237 e. The largest absolute Gasteiger partial charge is 0.336 e. The van der Waals surface area contributed by atoms with Crippen LogP contribution < -0.4 is 5.32 Å². The highest BCUT2D eigenvalue weighted by molar-refractivity contribution is 5.79. The molecule has 0 spiro atoms. The first kappa shape index (κ1) is 13.8. The van der Waals surface area contributed by atoms with E-state index in [9.17, 15) is 4.79 Å². The predicted octanol–water partition coefficient (Wildman–Crippen LogP) is 1.07. The van der Waals surface area contributed by atoms with Crippen LogP contribution in [0, 0.1) is 0 Å². The minimum Gasteiger partial charge on any atom is -0.336 e. The Hall–Kier alpha value is -0.610. The van der Waals surface area contributed by atoms with Gasteiger partial charge >= 0.3 is 0 Å². The molecule has 0 aliphatic carbocycles. The average Bonchev–Trinajstić information content (AvgIpc) is 2.32. The van der Waals surface area contributed by atoms with Crippen LogP contribution in [0.3, 0.4) is 0 Å². The number of likely N-dealkylation sites (tertiary alicyclic amines) is 1. The van der Waals surface area contributed by atoms with Crippen molar-refractivity contribution in [3.63, 3.8) is 0 Å². The molecule has 0 aromatic carbocycles. The van der Waals surface area contributed by atoms with E-state index in [-0.39, 0.29) is 0 Å². The SMILES string of the molecule is CC1CCCC(C)N1C(=O)CN1CCNC[C@H]1C. The van der Waals surface area contributed by atoms with Crippen LogP contribution in [-0.4, -0.2) is 60.0 Å². The van der Waals surface area contributed by atoms with Crippen LogP contribution in [0.1, 0.15) is 40.0 Å². The minimum atomic E-state index is 0.323. The second-order valence-electron chi connectivity index (χ2n) is 5.95. The molecule has 1 amide bonds. The minimum absolute atomic E-state index is 0.323. The number of hydrogen-bond acceptors (Lipinski definition) is 3. The number of piperazine rings is 1. The van der Waals surface area contributed by atoms with E-state index in [1.54, 1.807) is 0 Å². The quantitative estimate of drug-likeness (QED) is 0.799. The topological polar surface area (TPSA) is 35.6 Å². The zero-order chi connectivity index (χ0) is 13.1. The molecule has 0 bridgehead atoms. The number of nitrogens with zero attached hydrogens (tertiary/aromatic N) is 2. The fourth-order valence-corrected chi connectivity index (χ4v) is 3.29. The van der Waals surface area contributed by atoms with Gasteiger partial charge in [-0.25, -0.2) is 0 Å². The maximum absolute atomic E-state index is 12.5. The number of carbonyl (C=O) groups is 1. The summed E-state index contributed by atoms with van der Waals surface area (Å²) in [7, 11) is 0. The molecule has 2 rings (SSSR count). The first-order valence-corrected chi connectivity index (χ1v) is 7.35. The molecule has 0 aromatic heterocycles. The number of nitrogens with one attached hydrogen (secondary N) is 1. The summed E-state index contributed by atoms with van der Waals surface area (Å²) in [6.45, 7) is 10.2. The van der Waals surface area contributed by atoms with Gasteiger partial charge in [-0.15, -0.1) is 0 Å². The van der Waals surface area contributed by atoms with E-state index in [4.69, 9.17) is 0 Å². The van der Waals surface area contributed by atoms with E-state index in [0.29, 0.717) is 30.6 Å². The number of carbonyl (C=O) groups excluding carboxylic acids is 1. The van der Waals surface area contributed by atoms with E-state index in [0.717, 1.165) is 32.5 Å². The van der Waals surface area contributed by atoms with Crippen LogP contribution in [-0.2, 0) is 4.79 Å². The Bertz CT molecular complexity index is 285. The summed E-state index contributed by atoms with van der Waals surface area (Å²) >= 11 is 0. The third kappa shape index (κ3) is 3.04. The van der Waals surface area contributed by atoms with E-state index in [2.05, 4.69) is 35.9 Å². The van der Waals surface area contributed by atoms with Crippen molar-refractivity contribution in [3.05, 3.63) is 0 Å². The van der Waals surface area contributed by atoms with E-state index >= 15 is 0 Å². The maximum Gasteiger partial charge on any atom is 0.237 e. The van der Waals surface area contributed by atoms with Gasteiger partial charge in [-0.3, -0.25) is 9.69 Å². The average molecular weight is 253 g/mol. The Balaban J connectivity index is 1.93. The molecule has 3 atom stereocenters. The van der Waals surface area contributed by atoms with E-state index in [1.165, 1.54) is 6.42 Å². The van der Waals surface area contributed by atoms with Crippen molar-refractivity contribution in [2.24, 2.45) is 0 Å². The molecule has 4 heteroatoms. The first-order chi connectivity index (χ1) is 8.59. The Morgan fingerprint density at radius 3 is 2.44 bits per heavy atom. The lowest BCUT2D eigenvalue weighted by Crippen LogP contribution is -2.56. The van der Waals surface area contributed by atoms with Gasteiger partial charge in [0.15, 0.2) is 0 Å². The molecule has 104 valence electrons. The van der Waals surface area contributed by atoms with Gasteiger partial charge in [-0.2, -0.15) is 0 Å². The van der Waals surface area contributed by atoms with Gasteiger partial charge in [0.1, 0.15) is 0 Å². The lowest BCUT2D eigenvalue weighted by molar-refractivity contribution is -0.139. The summed E-state index contributed by atoms with van der Waals surface area (Å²) in [4.78, 5) is 16.9. The van der Waals surface area contributed by atoms with Crippen molar-refractivity contribution in [3.8, 4) is 0 Å². The number of rotatable bonds is 2. The highest BCUT2D eigenvalue weighted by Crippen LogP contribution is 2.22. The summed E-state index contributed by atoms with van der Waals surface area (Å²) < 4.78 is 0. The fourth-order valence-electron chi connectivity index (χ4n) is 3.29. The van der Waals surface area contributed by atoms with Crippen molar-refractivity contribution in [2.45, 2.75) is 58.2 Å². The lowest BCUT2D eigenvalue weighted by Gasteiger charge is -2.41. The molecule has 4 nitrogen and oxygen atoms in total. The maximum atomic E-state index is 12.5. The van der Waals surface area contributed by atoms with Crippen molar-refractivity contribution in [1.29, 1.82) is 0 Å². The van der Waals surface area contributed by atoms with Crippen molar-refractivity contribution >= 4 is 5.91 Å². The van der Waals surface area contributed by atoms with Crippen LogP contribution in [0.5, 0.6) is 0 Å². The summed E-state index contributed by atoms with van der Waals surface area (Å²) in [5, 5.41) is 3.37. The zero-order valence-corrected chi connectivity index (χ0v) is 12.0. The van der Waals surface area contributed by atoms with Gasteiger partial charge in [-0.1, -0.05) is 0 Å².